The van der Waals surface area contributed by atoms with Crippen molar-refractivity contribution in [1.82, 2.24) is 4.57 Å². The molecule has 0 fully saturated rings. The summed E-state index contributed by atoms with van der Waals surface area (Å²) in [6.07, 6.45) is 3.82. The highest BCUT2D eigenvalue weighted by Gasteiger charge is 2.06. The number of hydrogen-bond acceptors (Lipinski definition) is 0. The molecular formula is C19H19N. The Kier molecular flexibility index (Phi) is 4.56. The Morgan fingerprint density at radius 3 is 2.25 bits per heavy atom. The van der Waals surface area contributed by atoms with E-state index >= 15 is 0 Å². The fraction of sp³-hybridized carbons (Fsp3) is 0.0526. The van der Waals surface area contributed by atoms with Gasteiger partial charge in [-0.15, -0.1) is 0 Å². The van der Waals surface area contributed by atoms with Crippen molar-refractivity contribution in [3.8, 4) is 11.1 Å². The van der Waals surface area contributed by atoms with Crippen LogP contribution in [0.4, 0.5) is 0 Å². The maximum absolute atomic E-state index is 4.12. The number of benzene rings is 1. The lowest BCUT2D eigenvalue weighted by molar-refractivity contribution is 0.895. The van der Waals surface area contributed by atoms with Crippen LogP contribution in [-0.2, 0) is 7.05 Å². The van der Waals surface area contributed by atoms with E-state index in [1.807, 2.05) is 55.7 Å². The standard InChI is InChI=1S/C19H19N/c1-4-16(2)19-18(17-12-8-7-9-13-17)14-10-5-6-11-15-20(19)3/h4-15H,1-2H2,3H3. The highest BCUT2D eigenvalue weighted by atomic mass is 14.9. The second-order valence-corrected chi connectivity index (χ2v) is 4.55. The van der Waals surface area contributed by atoms with Crippen LogP contribution in [0.2, 0.25) is 0 Å². The van der Waals surface area contributed by atoms with E-state index in [2.05, 4.69) is 35.9 Å². The van der Waals surface area contributed by atoms with Gasteiger partial charge in [-0.1, -0.05) is 73.8 Å². The molecule has 2 rings (SSSR count). The largest absolute Gasteiger partial charge is 0.350 e. The summed E-state index contributed by atoms with van der Waals surface area (Å²) in [4.78, 5) is 0. The van der Waals surface area contributed by atoms with Gasteiger partial charge in [0.2, 0.25) is 0 Å². The molecule has 0 unspecified atom stereocenters. The van der Waals surface area contributed by atoms with Crippen LogP contribution < -0.4 is 0 Å². The molecule has 1 heteroatoms. The molecule has 20 heavy (non-hydrogen) atoms. The van der Waals surface area contributed by atoms with Gasteiger partial charge in [-0.25, -0.2) is 0 Å². The van der Waals surface area contributed by atoms with Crippen LogP contribution in [0.5, 0.6) is 0 Å². The summed E-state index contributed by atoms with van der Waals surface area (Å²) < 4.78 is 2.08. The third kappa shape index (κ3) is 3.07. The maximum Gasteiger partial charge on any atom is 0.0550 e. The fourth-order valence-electron chi connectivity index (χ4n) is 2.15. The molecule has 2 aromatic rings. The van der Waals surface area contributed by atoms with Gasteiger partial charge >= 0.3 is 0 Å². The van der Waals surface area contributed by atoms with Crippen LogP contribution in [-0.4, -0.2) is 4.57 Å². The molecule has 0 saturated carbocycles. The van der Waals surface area contributed by atoms with Crippen LogP contribution in [0.25, 0.3) is 16.7 Å². The number of aromatic nitrogens is 1. The van der Waals surface area contributed by atoms with Crippen LogP contribution in [0, 0.1) is 0 Å². The Hall–Kier alpha value is -2.54. The lowest BCUT2D eigenvalue weighted by Gasteiger charge is -2.12. The smallest absolute Gasteiger partial charge is 0.0550 e. The zero-order chi connectivity index (χ0) is 14.4. The first-order chi connectivity index (χ1) is 9.74. The SMILES string of the molecule is C=CC(=C)c1c(-c2ccccc2)ccccccn1C. The van der Waals surface area contributed by atoms with E-state index in [4.69, 9.17) is 0 Å². The lowest BCUT2D eigenvalue weighted by Crippen LogP contribution is -1.98. The van der Waals surface area contributed by atoms with Gasteiger partial charge in [-0.05, 0) is 17.2 Å². The normalized spacial score (nSPS) is 9.65. The first-order valence-corrected chi connectivity index (χ1v) is 6.60. The molecule has 0 aliphatic rings. The summed E-state index contributed by atoms with van der Waals surface area (Å²) in [6.45, 7) is 7.97. The van der Waals surface area contributed by atoms with Crippen molar-refractivity contribution in [3.05, 3.63) is 91.8 Å². The third-order valence-corrected chi connectivity index (χ3v) is 3.15. The monoisotopic (exact) mass is 261 g/mol. The number of hydrogen-bond donors (Lipinski definition) is 0. The topological polar surface area (TPSA) is 4.93 Å². The number of nitrogens with zero attached hydrogens (tertiary/aromatic N) is 1. The van der Waals surface area contributed by atoms with Gasteiger partial charge in [-0.2, -0.15) is 0 Å². The summed E-state index contributed by atoms with van der Waals surface area (Å²) in [5.74, 6) is 0. The Morgan fingerprint density at radius 2 is 1.55 bits per heavy atom. The Bertz CT molecular complexity index is 661. The Labute approximate surface area is 120 Å². The predicted molar refractivity (Wildman–Crippen MR) is 87.7 cm³/mol. The zero-order valence-electron chi connectivity index (χ0n) is 11.8. The van der Waals surface area contributed by atoms with E-state index in [1.54, 1.807) is 6.08 Å². The summed E-state index contributed by atoms with van der Waals surface area (Å²) in [7, 11) is 2.02. The third-order valence-electron chi connectivity index (χ3n) is 3.15. The number of rotatable bonds is 3. The summed E-state index contributed by atoms with van der Waals surface area (Å²) in [6, 6.07) is 20.5. The minimum Gasteiger partial charge on any atom is -0.350 e. The molecule has 100 valence electrons. The Morgan fingerprint density at radius 1 is 0.950 bits per heavy atom. The van der Waals surface area contributed by atoms with Gasteiger partial charge in [0.05, 0.1) is 5.69 Å². The molecule has 0 bridgehead atoms. The minimum absolute atomic E-state index is 0.905. The molecule has 0 amide bonds. The van der Waals surface area contributed by atoms with Crippen molar-refractivity contribution < 1.29 is 0 Å². The van der Waals surface area contributed by atoms with E-state index in [0.717, 1.165) is 22.4 Å². The van der Waals surface area contributed by atoms with Gasteiger partial charge in [0.1, 0.15) is 0 Å². The van der Waals surface area contributed by atoms with Gasteiger partial charge in [0, 0.05) is 18.8 Å². The van der Waals surface area contributed by atoms with Crippen molar-refractivity contribution >= 4 is 5.57 Å². The molecule has 0 atom stereocenters. The molecule has 0 saturated heterocycles. The zero-order valence-corrected chi connectivity index (χ0v) is 11.8. The van der Waals surface area contributed by atoms with Crippen molar-refractivity contribution in [2.24, 2.45) is 7.05 Å². The van der Waals surface area contributed by atoms with Gasteiger partial charge < -0.3 is 4.57 Å². The molecule has 1 nitrogen and oxygen atoms in total. The first-order valence-electron chi connectivity index (χ1n) is 6.60. The van der Waals surface area contributed by atoms with Crippen LogP contribution in [0.15, 0.2) is 86.1 Å². The molecule has 0 spiro atoms. The van der Waals surface area contributed by atoms with Gasteiger partial charge in [0.15, 0.2) is 0 Å². The average molecular weight is 261 g/mol. The average Bonchev–Trinajstić information content (AvgIpc) is 2.58. The van der Waals surface area contributed by atoms with Gasteiger partial charge in [-0.3, -0.25) is 0 Å². The van der Waals surface area contributed by atoms with Crippen molar-refractivity contribution in [1.29, 1.82) is 0 Å². The predicted octanol–water partition coefficient (Wildman–Crippen LogP) is 5.02. The van der Waals surface area contributed by atoms with E-state index < -0.39 is 0 Å². The maximum atomic E-state index is 4.12. The van der Waals surface area contributed by atoms with E-state index in [0.29, 0.717) is 0 Å². The number of aryl methyl sites for hydroxylation is 1. The number of allylic oxidation sites excluding steroid dienone is 2. The van der Waals surface area contributed by atoms with E-state index in [9.17, 15) is 0 Å². The minimum atomic E-state index is 0.905. The Balaban J connectivity index is 2.84. The van der Waals surface area contributed by atoms with Crippen molar-refractivity contribution in [2.75, 3.05) is 0 Å². The molecule has 1 heterocycles. The van der Waals surface area contributed by atoms with Crippen molar-refractivity contribution in [3.63, 3.8) is 0 Å². The summed E-state index contributed by atoms with van der Waals surface area (Å²) >= 11 is 0. The molecule has 1 aromatic heterocycles. The van der Waals surface area contributed by atoms with Crippen LogP contribution in [0.3, 0.4) is 0 Å². The van der Waals surface area contributed by atoms with Crippen LogP contribution >= 0.6 is 0 Å². The quantitative estimate of drug-likeness (QED) is 0.684. The second kappa shape index (κ2) is 6.58. The van der Waals surface area contributed by atoms with Gasteiger partial charge in [0.25, 0.3) is 0 Å². The van der Waals surface area contributed by atoms with Crippen LogP contribution in [0.1, 0.15) is 5.69 Å². The fourth-order valence-corrected chi connectivity index (χ4v) is 2.15. The summed E-state index contributed by atoms with van der Waals surface area (Å²) in [5.41, 5.74) is 4.26. The first kappa shape index (κ1) is 13.9. The van der Waals surface area contributed by atoms with E-state index in [-0.39, 0.29) is 0 Å². The second-order valence-electron chi connectivity index (χ2n) is 4.55. The summed E-state index contributed by atoms with van der Waals surface area (Å²) in [5, 5.41) is 0. The highest BCUT2D eigenvalue weighted by molar-refractivity contribution is 5.81. The van der Waals surface area contributed by atoms with Crippen molar-refractivity contribution in [2.45, 2.75) is 0 Å². The highest BCUT2D eigenvalue weighted by Crippen LogP contribution is 2.26. The molecule has 1 aromatic carbocycles. The molecule has 0 N–H and O–H groups in total. The molecular weight excluding hydrogens is 242 g/mol. The van der Waals surface area contributed by atoms with E-state index in [1.165, 1.54) is 0 Å². The molecule has 0 aliphatic carbocycles. The molecule has 0 radical (unpaired) electrons. The molecule has 0 aliphatic heterocycles. The lowest BCUT2D eigenvalue weighted by atomic mass is 10.0.